The van der Waals surface area contributed by atoms with E-state index in [2.05, 4.69) is 5.32 Å². The largest absolute Gasteiger partial charge is 0.508 e. The number of fused-ring (bicyclic) bond motifs is 3. The van der Waals surface area contributed by atoms with Crippen LogP contribution in [0, 0.1) is 0 Å². The first-order valence-corrected chi connectivity index (χ1v) is 9.43. The van der Waals surface area contributed by atoms with Gasteiger partial charge in [0.1, 0.15) is 17.5 Å². The van der Waals surface area contributed by atoms with Crippen molar-refractivity contribution in [1.29, 1.82) is 0 Å². The van der Waals surface area contributed by atoms with Gasteiger partial charge in [0, 0.05) is 5.56 Å². The minimum Gasteiger partial charge on any atom is -0.508 e. The molecule has 146 valence electrons. The molecule has 6 heteroatoms. The number of nitrogens with one attached hydrogen (secondary N) is 1. The summed E-state index contributed by atoms with van der Waals surface area (Å²) >= 11 is 0. The molecule has 0 radical (unpaired) electrons. The summed E-state index contributed by atoms with van der Waals surface area (Å²) in [5.41, 5.74) is 3.38. The van der Waals surface area contributed by atoms with Crippen molar-refractivity contribution >= 4 is 17.1 Å². The maximum absolute atomic E-state index is 11.4. The first kappa shape index (κ1) is 17.3. The first-order chi connectivity index (χ1) is 14.2. The van der Waals surface area contributed by atoms with Crippen LogP contribution >= 0.6 is 0 Å². The van der Waals surface area contributed by atoms with Gasteiger partial charge < -0.3 is 30.1 Å². The number of hydrogen-bond donors (Lipinski definition) is 3. The highest BCUT2D eigenvalue weighted by atomic mass is 16.5. The fourth-order valence-electron chi connectivity index (χ4n) is 4.11. The average molecular weight is 387 g/mol. The van der Waals surface area contributed by atoms with E-state index in [0.717, 1.165) is 17.1 Å². The first-order valence-electron chi connectivity index (χ1n) is 9.43. The number of methoxy groups -OCH3 is 1. The van der Waals surface area contributed by atoms with Gasteiger partial charge in [-0.25, -0.2) is 0 Å². The number of benzene rings is 3. The quantitative estimate of drug-likeness (QED) is 0.611. The molecule has 6 nitrogen and oxygen atoms in total. The van der Waals surface area contributed by atoms with Crippen LogP contribution in [0.4, 0.5) is 17.1 Å². The van der Waals surface area contributed by atoms with E-state index >= 15 is 0 Å². The summed E-state index contributed by atoms with van der Waals surface area (Å²) < 4.78 is 5.59. The van der Waals surface area contributed by atoms with Crippen LogP contribution in [0.5, 0.6) is 11.5 Å². The Labute approximate surface area is 168 Å². The number of ether oxygens (including phenoxy) is 1. The molecule has 3 aromatic rings. The molecule has 29 heavy (non-hydrogen) atoms. The second kappa shape index (κ2) is 6.67. The van der Waals surface area contributed by atoms with E-state index in [0.29, 0.717) is 23.8 Å². The van der Waals surface area contributed by atoms with Gasteiger partial charge in [0.2, 0.25) is 0 Å². The topological polar surface area (TPSA) is 68.2 Å². The standard InChI is InChI=1S/C23H21N3O3/c1-29-20-13-7-5-11-18(20)25-14-26-17-10-4-3-9-16(17)24-23(26)22(28)21(25)15-8-2-6-12-19(15)27/h2-13,21,24,27-28H,14H2,1H3/t21-/m1/s1. The smallest absolute Gasteiger partial charge is 0.161 e. The number of rotatable bonds is 3. The maximum atomic E-state index is 11.4. The van der Waals surface area contributed by atoms with E-state index in [-0.39, 0.29) is 11.5 Å². The molecule has 0 bridgehead atoms. The Bertz CT molecular complexity index is 1110. The van der Waals surface area contributed by atoms with Crippen molar-refractivity contribution < 1.29 is 14.9 Å². The molecular formula is C23H21N3O3. The molecule has 1 atom stereocenters. The summed E-state index contributed by atoms with van der Waals surface area (Å²) in [5.74, 6) is 1.60. The highest BCUT2D eigenvalue weighted by molar-refractivity contribution is 5.83. The van der Waals surface area contributed by atoms with Crippen LogP contribution in [0.1, 0.15) is 11.6 Å². The van der Waals surface area contributed by atoms with Crippen molar-refractivity contribution in [3.05, 3.63) is 89.9 Å². The summed E-state index contributed by atoms with van der Waals surface area (Å²) in [6.45, 7) is 0.475. The second-order valence-corrected chi connectivity index (χ2v) is 7.05. The summed E-state index contributed by atoms with van der Waals surface area (Å²) in [6.07, 6.45) is 0. The van der Waals surface area contributed by atoms with E-state index in [1.54, 1.807) is 19.2 Å². The Morgan fingerprint density at radius 2 is 1.59 bits per heavy atom. The SMILES string of the molecule is COc1ccccc1N1CN2C(=C(O)[C@H]1c1ccccc1O)Nc1ccccc12. The predicted molar refractivity (Wildman–Crippen MR) is 113 cm³/mol. The van der Waals surface area contributed by atoms with Crippen LogP contribution in [0.25, 0.3) is 0 Å². The minimum absolute atomic E-state index is 0.133. The summed E-state index contributed by atoms with van der Waals surface area (Å²) in [4.78, 5) is 4.07. The van der Waals surface area contributed by atoms with E-state index in [4.69, 9.17) is 4.74 Å². The summed E-state index contributed by atoms with van der Waals surface area (Å²) in [5, 5.41) is 25.2. The van der Waals surface area contributed by atoms with Gasteiger partial charge in [-0.3, -0.25) is 0 Å². The summed E-state index contributed by atoms with van der Waals surface area (Å²) in [6, 6.07) is 22.2. The zero-order valence-corrected chi connectivity index (χ0v) is 15.9. The third-order valence-electron chi connectivity index (χ3n) is 5.45. The van der Waals surface area contributed by atoms with Gasteiger partial charge in [-0.05, 0) is 30.3 Å². The molecular weight excluding hydrogens is 366 g/mol. The maximum Gasteiger partial charge on any atom is 0.161 e. The van der Waals surface area contributed by atoms with Crippen molar-refractivity contribution in [2.45, 2.75) is 6.04 Å². The van der Waals surface area contributed by atoms with Crippen LogP contribution < -0.4 is 19.9 Å². The second-order valence-electron chi connectivity index (χ2n) is 7.05. The van der Waals surface area contributed by atoms with Gasteiger partial charge >= 0.3 is 0 Å². The number of aliphatic hydroxyl groups excluding tert-OH is 1. The molecule has 0 fully saturated rings. The van der Waals surface area contributed by atoms with Crippen molar-refractivity contribution in [2.24, 2.45) is 0 Å². The predicted octanol–water partition coefficient (Wildman–Crippen LogP) is 4.58. The normalized spacial score (nSPS) is 17.6. The molecule has 0 aromatic heterocycles. The average Bonchev–Trinajstić information content (AvgIpc) is 3.13. The Morgan fingerprint density at radius 1 is 0.897 bits per heavy atom. The van der Waals surface area contributed by atoms with Crippen LogP contribution in [0.15, 0.2) is 84.4 Å². The highest BCUT2D eigenvalue weighted by Crippen LogP contribution is 2.48. The lowest BCUT2D eigenvalue weighted by Gasteiger charge is -2.42. The Balaban J connectivity index is 1.72. The van der Waals surface area contributed by atoms with E-state index in [1.165, 1.54) is 0 Å². The fraction of sp³-hybridized carbons (Fsp3) is 0.130. The lowest BCUT2D eigenvalue weighted by Crippen LogP contribution is -2.46. The molecule has 5 rings (SSSR count). The van der Waals surface area contributed by atoms with Crippen molar-refractivity contribution in [3.63, 3.8) is 0 Å². The molecule has 0 saturated heterocycles. The molecule has 0 unspecified atom stereocenters. The third-order valence-corrected chi connectivity index (χ3v) is 5.45. The number of nitrogens with zero attached hydrogens (tertiary/aromatic N) is 2. The molecule has 0 amide bonds. The Kier molecular flexibility index (Phi) is 3.98. The van der Waals surface area contributed by atoms with Gasteiger partial charge in [0.05, 0.1) is 30.8 Å². The third kappa shape index (κ3) is 2.64. The molecule has 2 aliphatic heterocycles. The molecule has 2 heterocycles. The van der Waals surface area contributed by atoms with Crippen molar-refractivity contribution in [2.75, 3.05) is 28.9 Å². The number of aliphatic hydroxyl groups is 1. The number of aromatic hydroxyl groups is 1. The highest BCUT2D eigenvalue weighted by Gasteiger charge is 2.41. The van der Waals surface area contributed by atoms with Gasteiger partial charge in [0.15, 0.2) is 11.6 Å². The van der Waals surface area contributed by atoms with E-state index < -0.39 is 6.04 Å². The molecule has 0 spiro atoms. The minimum atomic E-state index is -0.569. The Morgan fingerprint density at radius 3 is 2.38 bits per heavy atom. The molecule has 3 aromatic carbocycles. The van der Waals surface area contributed by atoms with Crippen LogP contribution in [0.2, 0.25) is 0 Å². The zero-order chi connectivity index (χ0) is 20.0. The molecule has 3 N–H and O–H groups in total. The van der Waals surface area contributed by atoms with Gasteiger partial charge in [-0.15, -0.1) is 0 Å². The number of phenols is 1. The Hall–Kier alpha value is -3.80. The number of para-hydroxylation sites is 5. The monoisotopic (exact) mass is 387 g/mol. The van der Waals surface area contributed by atoms with E-state index in [1.807, 2.05) is 70.5 Å². The fourth-order valence-corrected chi connectivity index (χ4v) is 4.11. The van der Waals surface area contributed by atoms with Crippen LogP contribution in [-0.2, 0) is 0 Å². The zero-order valence-electron chi connectivity index (χ0n) is 15.9. The van der Waals surface area contributed by atoms with E-state index in [9.17, 15) is 10.2 Å². The number of phenolic OH excluding ortho intramolecular Hbond substituents is 1. The van der Waals surface area contributed by atoms with Crippen LogP contribution in [-0.4, -0.2) is 24.0 Å². The molecule has 0 aliphatic carbocycles. The number of anilines is 3. The van der Waals surface area contributed by atoms with Gasteiger partial charge in [-0.1, -0.05) is 42.5 Å². The van der Waals surface area contributed by atoms with Crippen LogP contribution in [0.3, 0.4) is 0 Å². The molecule has 0 saturated carbocycles. The van der Waals surface area contributed by atoms with Gasteiger partial charge in [0.25, 0.3) is 0 Å². The van der Waals surface area contributed by atoms with Crippen molar-refractivity contribution in [3.8, 4) is 11.5 Å². The number of hydrogen-bond acceptors (Lipinski definition) is 6. The van der Waals surface area contributed by atoms with Gasteiger partial charge in [-0.2, -0.15) is 0 Å². The lowest BCUT2D eigenvalue weighted by atomic mass is 9.99. The van der Waals surface area contributed by atoms with Crippen molar-refractivity contribution in [1.82, 2.24) is 0 Å². The summed E-state index contributed by atoms with van der Waals surface area (Å²) in [7, 11) is 1.63. The lowest BCUT2D eigenvalue weighted by molar-refractivity contribution is 0.335. The molecule has 2 aliphatic rings.